The summed E-state index contributed by atoms with van der Waals surface area (Å²) in [5.41, 5.74) is 0. The van der Waals surface area contributed by atoms with E-state index in [9.17, 15) is 14.4 Å². The third kappa shape index (κ3) is 45.5. The van der Waals surface area contributed by atoms with Gasteiger partial charge in [0.15, 0.2) is 6.10 Å². The highest BCUT2D eigenvalue weighted by Crippen LogP contribution is 2.17. The second kappa shape index (κ2) is 43.5. The Balaban J connectivity index is 4.30. The summed E-state index contributed by atoms with van der Waals surface area (Å²) in [6, 6.07) is 0. The lowest BCUT2D eigenvalue weighted by atomic mass is 10.0. The van der Waals surface area contributed by atoms with Crippen LogP contribution in [-0.4, -0.2) is 37.2 Å². The molecule has 344 valence electrons. The Hall–Kier alpha value is -1.59. The summed E-state index contributed by atoms with van der Waals surface area (Å²) in [6.07, 6.45) is 42.4. The number of carbonyl (C=O) groups excluding carboxylic acids is 3. The molecule has 0 aromatic heterocycles. The van der Waals surface area contributed by atoms with Gasteiger partial charge in [-0.25, -0.2) is 0 Å². The summed E-state index contributed by atoms with van der Waals surface area (Å²) in [4.78, 5) is 37.9. The average Bonchev–Trinajstić information content (AvgIpc) is 3.18. The van der Waals surface area contributed by atoms with Crippen molar-refractivity contribution in [2.24, 2.45) is 17.8 Å². The molecule has 0 rings (SSSR count). The molecule has 0 saturated heterocycles. The molecule has 0 heterocycles. The molecule has 0 unspecified atom stereocenters. The number of hydrogen-bond acceptors (Lipinski definition) is 6. The largest absolute Gasteiger partial charge is 0.462 e. The van der Waals surface area contributed by atoms with Crippen molar-refractivity contribution in [1.82, 2.24) is 0 Å². The molecule has 1 atom stereocenters. The van der Waals surface area contributed by atoms with Crippen molar-refractivity contribution in [3.8, 4) is 0 Å². The molecular weight excluding hydrogens is 721 g/mol. The molecule has 0 aromatic carbocycles. The Labute approximate surface area is 361 Å². The lowest BCUT2D eigenvalue weighted by Gasteiger charge is -2.18. The predicted octanol–water partition coefficient (Wildman–Crippen LogP) is 16.4. The standard InChI is InChI=1S/C52H100O6/c1-46(2)38-32-26-20-15-11-8-7-9-13-18-24-31-37-43-52(55)58-49(45-57-51(54)42-36-30-25-19-22-28-34-40-48(5)6)44-56-50(53)41-35-29-23-17-14-10-12-16-21-27-33-39-47(3)4/h46-49H,7-45H2,1-6H3/t49-/m0/s1. The number of ether oxygens (including phenoxy) is 3. The maximum Gasteiger partial charge on any atom is 0.306 e. The van der Waals surface area contributed by atoms with Crippen LogP contribution in [0.15, 0.2) is 0 Å². The molecule has 0 aliphatic rings. The van der Waals surface area contributed by atoms with E-state index in [1.165, 1.54) is 161 Å². The highest BCUT2D eigenvalue weighted by molar-refractivity contribution is 5.71. The maximum absolute atomic E-state index is 12.8. The third-order valence-electron chi connectivity index (χ3n) is 11.6. The molecule has 0 spiro atoms. The SMILES string of the molecule is CC(C)CCCCCCCCCCCCCCCC(=O)O[C@@H](COC(=O)CCCCCCCCCCCCCC(C)C)COC(=O)CCCCCCCCCC(C)C. The van der Waals surface area contributed by atoms with Gasteiger partial charge in [0.1, 0.15) is 13.2 Å². The van der Waals surface area contributed by atoms with Crippen LogP contribution in [0.4, 0.5) is 0 Å². The summed E-state index contributed by atoms with van der Waals surface area (Å²) in [5.74, 6) is 1.59. The monoisotopic (exact) mass is 821 g/mol. The van der Waals surface area contributed by atoms with Gasteiger partial charge in [0.05, 0.1) is 0 Å². The Morgan fingerprint density at radius 3 is 0.741 bits per heavy atom. The van der Waals surface area contributed by atoms with Gasteiger partial charge in [0, 0.05) is 19.3 Å². The van der Waals surface area contributed by atoms with Crippen LogP contribution in [-0.2, 0) is 28.6 Å². The molecule has 6 heteroatoms. The van der Waals surface area contributed by atoms with Crippen LogP contribution in [0.3, 0.4) is 0 Å². The van der Waals surface area contributed by atoms with Gasteiger partial charge in [0.25, 0.3) is 0 Å². The van der Waals surface area contributed by atoms with E-state index >= 15 is 0 Å². The Morgan fingerprint density at radius 1 is 0.293 bits per heavy atom. The maximum atomic E-state index is 12.8. The van der Waals surface area contributed by atoms with Crippen molar-refractivity contribution in [3.63, 3.8) is 0 Å². The van der Waals surface area contributed by atoms with Gasteiger partial charge in [-0.1, -0.05) is 241 Å². The van der Waals surface area contributed by atoms with Gasteiger partial charge < -0.3 is 14.2 Å². The Morgan fingerprint density at radius 2 is 0.500 bits per heavy atom. The normalized spacial score (nSPS) is 12.2. The fourth-order valence-corrected chi connectivity index (χ4v) is 7.76. The van der Waals surface area contributed by atoms with E-state index in [0.717, 1.165) is 75.5 Å². The second-order valence-electron chi connectivity index (χ2n) is 19.2. The fraction of sp³-hybridized carbons (Fsp3) is 0.942. The fourth-order valence-electron chi connectivity index (χ4n) is 7.76. The number of rotatable bonds is 45. The third-order valence-corrected chi connectivity index (χ3v) is 11.6. The zero-order valence-electron chi connectivity index (χ0n) is 39.8. The highest BCUT2D eigenvalue weighted by Gasteiger charge is 2.19. The highest BCUT2D eigenvalue weighted by atomic mass is 16.6. The molecule has 0 amide bonds. The smallest absolute Gasteiger partial charge is 0.306 e. The van der Waals surface area contributed by atoms with Crippen LogP contribution in [0, 0.1) is 17.8 Å². The first-order chi connectivity index (χ1) is 28.1. The van der Waals surface area contributed by atoms with Gasteiger partial charge >= 0.3 is 17.9 Å². The minimum atomic E-state index is -0.763. The lowest BCUT2D eigenvalue weighted by molar-refractivity contribution is -0.167. The molecule has 0 bridgehead atoms. The zero-order chi connectivity index (χ0) is 42.7. The van der Waals surface area contributed by atoms with Crippen LogP contribution < -0.4 is 0 Å². The van der Waals surface area contributed by atoms with Crippen molar-refractivity contribution in [2.45, 2.75) is 285 Å². The molecule has 0 radical (unpaired) electrons. The van der Waals surface area contributed by atoms with Crippen LogP contribution in [0.25, 0.3) is 0 Å². The van der Waals surface area contributed by atoms with E-state index < -0.39 is 6.10 Å². The zero-order valence-corrected chi connectivity index (χ0v) is 39.8. The van der Waals surface area contributed by atoms with Crippen molar-refractivity contribution in [2.75, 3.05) is 13.2 Å². The quantitative estimate of drug-likeness (QED) is 0.0346. The van der Waals surface area contributed by atoms with E-state index in [1.54, 1.807) is 0 Å². The molecule has 6 nitrogen and oxygen atoms in total. The summed E-state index contributed by atoms with van der Waals surface area (Å²) in [6.45, 7) is 13.7. The van der Waals surface area contributed by atoms with E-state index in [-0.39, 0.29) is 31.1 Å². The summed E-state index contributed by atoms with van der Waals surface area (Å²) >= 11 is 0. The first-order valence-electron chi connectivity index (χ1n) is 25.6. The van der Waals surface area contributed by atoms with Crippen LogP contribution in [0.1, 0.15) is 279 Å². The van der Waals surface area contributed by atoms with E-state index in [4.69, 9.17) is 14.2 Å². The Bertz CT molecular complexity index is 898. The number of esters is 3. The molecular formula is C52H100O6. The topological polar surface area (TPSA) is 78.9 Å². The molecule has 0 aromatic rings. The summed E-state index contributed by atoms with van der Waals surface area (Å²) in [5, 5.41) is 0. The molecule has 0 saturated carbocycles. The number of carbonyl (C=O) groups is 3. The second-order valence-corrected chi connectivity index (χ2v) is 19.2. The van der Waals surface area contributed by atoms with Crippen LogP contribution in [0.5, 0.6) is 0 Å². The Kier molecular flexibility index (Phi) is 42.3. The predicted molar refractivity (Wildman–Crippen MR) is 247 cm³/mol. The van der Waals surface area contributed by atoms with E-state index in [2.05, 4.69) is 41.5 Å². The van der Waals surface area contributed by atoms with Gasteiger partial charge in [-0.15, -0.1) is 0 Å². The van der Waals surface area contributed by atoms with Crippen LogP contribution >= 0.6 is 0 Å². The van der Waals surface area contributed by atoms with Gasteiger partial charge in [-0.05, 0) is 37.0 Å². The number of unbranched alkanes of at least 4 members (excludes halogenated alkanes) is 28. The average molecular weight is 821 g/mol. The van der Waals surface area contributed by atoms with Crippen LogP contribution in [0.2, 0.25) is 0 Å². The molecule has 0 aliphatic carbocycles. The van der Waals surface area contributed by atoms with Gasteiger partial charge in [-0.3, -0.25) is 14.4 Å². The van der Waals surface area contributed by atoms with Gasteiger partial charge in [0.2, 0.25) is 0 Å². The van der Waals surface area contributed by atoms with Crippen molar-refractivity contribution in [1.29, 1.82) is 0 Å². The minimum Gasteiger partial charge on any atom is -0.462 e. The number of hydrogen-bond donors (Lipinski definition) is 0. The first kappa shape index (κ1) is 56.4. The van der Waals surface area contributed by atoms with Crippen molar-refractivity contribution >= 4 is 17.9 Å². The lowest BCUT2D eigenvalue weighted by Crippen LogP contribution is -2.30. The molecule has 0 aliphatic heterocycles. The van der Waals surface area contributed by atoms with Crippen molar-refractivity contribution < 1.29 is 28.6 Å². The molecule has 0 N–H and O–H groups in total. The summed E-state index contributed by atoms with van der Waals surface area (Å²) in [7, 11) is 0. The molecule has 0 fully saturated rings. The molecule has 58 heavy (non-hydrogen) atoms. The minimum absolute atomic E-state index is 0.0652. The van der Waals surface area contributed by atoms with E-state index in [1.807, 2.05) is 0 Å². The van der Waals surface area contributed by atoms with Crippen molar-refractivity contribution in [3.05, 3.63) is 0 Å². The van der Waals surface area contributed by atoms with Gasteiger partial charge in [-0.2, -0.15) is 0 Å². The summed E-state index contributed by atoms with van der Waals surface area (Å²) < 4.78 is 16.8. The first-order valence-corrected chi connectivity index (χ1v) is 25.6. The van der Waals surface area contributed by atoms with E-state index in [0.29, 0.717) is 19.3 Å².